The van der Waals surface area contributed by atoms with E-state index in [1.807, 2.05) is 13.8 Å². The topological polar surface area (TPSA) is 43.8 Å². The van der Waals surface area contributed by atoms with Crippen LogP contribution in [0.5, 0.6) is 0 Å². The fourth-order valence-electron chi connectivity index (χ4n) is 1.98. The van der Waals surface area contributed by atoms with Crippen LogP contribution in [0.3, 0.4) is 0 Å². The summed E-state index contributed by atoms with van der Waals surface area (Å²) >= 11 is 5.80. The van der Waals surface area contributed by atoms with Crippen LogP contribution in [0.4, 0.5) is 10.2 Å². The Morgan fingerprint density at radius 3 is 2.61 bits per heavy atom. The van der Waals surface area contributed by atoms with E-state index in [9.17, 15) is 4.39 Å². The molecule has 3 nitrogen and oxygen atoms in total. The Bertz CT molecular complexity index is 590. The monoisotopic (exact) mass is 267 g/mol. The number of benzene rings is 1. The Labute approximate surface area is 110 Å². The molecule has 0 saturated heterocycles. The molecule has 0 radical (unpaired) electrons. The van der Waals surface area contributed by atoms with Crippen LogP contribution in [0.25, 0.3) is 11.3 Å². The Morgan fingerprint density at radius 2 is 2.06 bits per heavy atom. The van der Waals surface area contributed by atoms with Gasteiger partial charge < -0.3 is 5.73 Å². The Balaban J connectivity index is 2.63. The van der Waals surface area contributed by atoms with E-state index in [-0.39, 0.29) is 10.9 Å². The molecule has 2 aromatic rings. The van der Waals surface area contributed by atoms with Crippen LogP contribution in [0.1, 0.15) is 25.3 Å². The highest BCUT2D eigenvalue weighted by Crippen LogP contribution is 2.34. The average molecular weight is 268 g/mol. The molecule has 0 spiro atoms. The lowest BCUT2D eigenvalue weighted by molar-refractivity contribution is 0.628. The molecular weight excluding hydrogens is 253 g/mol. The Morgan fingerprint density at radius 1 is 1.39 bits per heavy atom. The summed E-state index contributed by atoms with van der Waals surface area (Å²) in [5, 5.41) is 4.47. The maximum atomic E-state index is 13.2. The van der Waals surface area contributed by atoms with Crippen molar-refractivity contribution in [1.82, 2.24) is 9.78 Å². The van der Waals surface area contributed by atoms with Crippen molar-refractivity contribution in [2.24, 2.45) is 7.05 Å². The second kappa shape index (κ2) is 4.61. The van der Waals surface area contributed by atoms with Crippen molar-refractivity contribution < 1.29 is 4.39 Å². The molecule has 0 bridgehead atoms. The van der Waals surface area contributed by atoms with Crippen LogP contribution < -0.4 is 5.73 Å². The predicted molar refractivity (Wildman–Crippen MR) is 72.1 cm³/mol. The molecule has 96 valence electrons. The highest BCUT2D eigenvalue weighted by Gasteiger charge is 2.18. The number of hydrogen-bond acceptors (Lipinski definition) is 2. The molecule has 1 heterocycles. The van der Waals surface area contributed by atoms with Gasteiger partial charge in [0.05, 0.1) is 10.7 Å². The Hall–Kier alpha value is -1.55. The molecule has 0 aliphatic rings. The number of rotatable bonds is 2. The number of halogens is 2. The summed E-state index contributed by atoms with van der Waals surface area (Å²) < 4.78 is 14.8. The minimum absolute atomic E-state index is 0.0893. The number of nitrogens with two attached hydrogens (primary N) is 1. The molecular formula is C13H15ClFN3. The fraction of sp³-hybridized carbons (Fsp3) is 0.308. The smallest absolute Gasteiger partial charge is 0.141 e. The first-order valence-corrected chi connectivity index (χ1v) is 6.07. The number of anilines is 1. The molecule has 0 unspecified atom stereocenters. The van der Waals surface area contributed by atoms with Gasteiger partial charge in [0.25, 0.3) is 0 Å². The zero-order valence-electron chi connectivity index (χ0n) is 10.5. The van der Waals surface area contributed by atoms with Crippen molar-refractivity contribution >= 4 is 17.4 Å². The van der Waals surface area contributed by atoms with Gasteiger partial charge in [-0.1, -0.05) is 25.4 Å². The largest absolute Gasteiger partial charge is 0.384 e. The number of aromatic nitrogens is 2. The fourth-order valence-corrected chi connectivity index (χ4v) is 2.16. The van der Waals surface area contributed by atoms with E-state index in [1.54, 1.807) is 23.9 Å². The molecule has 0 fully saturated rings. The third-order valence-electron chi connectivity index (χ3n) is 2.90. The molecule has 0 saturated carbocycles. The minimum atomic E-state index is -0.435. The second-order valence-corrected chi connectivity index (χ2v) is 4.96. The molecule has 0 atom stereocenters. The molecule has 0 aliphatic carbocycles. The summed E-state index contributed by atoms with van der Waals surface area (Å²) in [7, 11) is 1.79. The van der Waals surface area contributed by atoms with Crippen LogP contribution in [0, 0.1) is 5.82 Å². The molecule has 0 aliphatic heterocycles. The number of aryl methyl sites for hydroxylation is 1. The summed E-state index contributed by atoms with van der Waals surface area (Å²) in [4.78, 5) is 0. The Kier molecular flexibility index (Phi) is 3.30. The van der Waals surface area contributed by atoms with E-state index in [0.29, 0.717) is 5.82 Å². The molecule has 5 heteroatoms. The van der Waals surface area contributed by atoms with E-state index in [2.05, 4.69) is 5.10 Å². The van der Waals surface area contributed by atoms with Gasteiger partial charge in [-0.15, -0.1) is 0 Å². The van der Waals surface area contributed by atoms with E-state index in [4.69, 9.17) is 17.3 Å². The minimum Gasteiger partial charge on any atom is -0.384 e. The molecule has 0 amide bonds. The summed E-state index contributed by atoms with van der Waals surface area (Å²) in [6.07, 6.45) is 0. The second-order valence-electron chi connectivity index (χ2n) is 4.55. The first kappa shape index (κ1) is 12.9. The van der Waals surface area contributed by atoms with Crippen LogP contribution >= 0.6 is 11.6 Å². The highest BCUT2D eigenvalue weighted by molar-refractivity contribution is 6.31. The van der Waals surface area contributed by atoms with Gasteiger partial charge in [0.15, 0.2) is 0 Å². The predicted octanol–water partition coefficient (Wildman–Crippen LogP) is 3.59. The third kappa shape index (κ3) is 2.08. The van der Waals surface area contributed by atoms with E-state index in [1.165, 1.54) is 6.07 Å². The van der Waals surface area contributed by atoms with Crippen LogP contribution in [0.15, 0.2) is 18.2 Å². The quantitative estimate of drug-likeness (QED) is 0.904. The molecule has 1 aromatic heterocycles. The van der Waals surface area contributed by atoms with Crippen molar-refractivity contribution in [2.45, 2.75) is 19.8 Å². The van der Waals surface area contributed by atoms with Crippen LogP contribution in [-0.2, 0) is 7.05 Å². The zero-order valence-corrected chi connectivity index (χ0v) is 11.3. The first-order valence-electron chi connectivity index (χ1n) is 5.69. The van der Waals surface area contributed by atoms with Crippen molar-refractivity contribution in [3.63, 3.8) is 0 Å². The first-order chi connectivity index (χ1) is 8.41. The SMILES string of the molecule is CC(C)c1c(-c2ccc(F)c(Cl)c2)nn(C)c1N. The van der Waals surface area contributed by atoms with Crippen molar-refractivity contribution in [2.75, 3.05) is 5.73 Å². The van der Waals surface area contributed by atoms with Crippen LogP contribution in [0.2, 0.25) is 5.02 Å². The lowest BCUT2D eigenvalue weighted by Crippen LogP contribution is -2.00. The van der Waals surface area contributed by atoms with Crippen molar-refractivity contribution in [3.05, 3.63) is 34.6 Å². The molecule has 1 aromatic carbocycles. The summed E-state index contributed by atoms with van der Waals surface area (Å²) in [6, 6.07) is 4.58. The molecule has 2 N–H and O–H groups in total. The van der Waals surface area contributed by atoms with Gasteiger partial charge in [0.1, 0.15) is 11.6 Å². The van der Waals surface area contributed by atoms with Gasteiger partial charge in [-0.25, -0.2) is 4.39 Å². The lowest BCUT2D eigenvalue weighted by Gasteiger charge is -2.07. The van der Waals surface area contributed by atoms with Gasteiger partial charge in [0, 0.05) is 18.2 Å². The highest BCUT2D eigenvalue weighted by atomic mass is 35.5. The van der Waals surface area contributed by atoms with Gasteiger partial charge >= 0.3 is 0 Å². The van der Waals surface area contributed by atoms with Gasteiger partial charge in [-0.2, -0.15) is 5.10 Å². The molecule has 18 heavy (non-hydrogen) atoms. The van der Waals surface area contributed by atoms with Gasteiger partial charge in [-0.05, 0) is 24.1 Å². The van der Waals surface area contributed by atoms with E-state index < -0.39 is 5.82 Å². The lowest BCUT2D eigenvalue weighted by atomic mass is 9.99. The van der Waals surface area contributed by atoms with E-state index >= 15 is 0 Å². The van der Waals surface area contributed by atoms with E-state index in [0.717, 1.165) is 16.8 Å². The normalized spacial score (nSPS) is 11.2. The zero-order chi connectivity index (χ0) is 13.4. The number of hydrogen-bond donors (Lipinski definition) is 1. The number of nitrogens with zero attached hydrogens (tertiary/aromatic N) is 2. The van der Waals surface area contributed by atoms with Crippen LogP contribution in [-0.4, -0.2) is 9.78 Å². The van der Waals surface area contributed by atoms with Crippen molar-refractivity contribution in [1.29, 1.82) is 0 Å². The average Bonchev–Trinajstić information content (AvgIpc) is 2.59. The van der Waals surface area contributed by atoms with Gasteiger partial charge in [-0.3, -0.25) is 4.68 Å². The maximum absolute atomic E-state index is 13.2. The standard InChI is InChI=1S/C13H15ClFN3/c1-7(2)11-12(17-18(3)13(11)16)8-4-5-10(15)9(14)6-8/h4-7H,16H2,1-3H3. The third-order valence-corrected chi connectivity index (χ3v) is 3.19. The summed E-state index contributed by atoms with van der Waals surface area (Å²) in [6.45, 7) is 4.09. The summed E-state index contributed by atoms with van der Waals surface area (Å²) in [5.74, 6) is 0.424. The maximum Gasteiger partial charge on any atom is 0.141 e. The number of nitrogen functional groups attached to an aromatic ring is 1. The van der Waals surface area contributed by atoms with Gasteiger partial charge in [0.2, 0.25) is 0 Å². The van der Waals surface area contributed by atoms with Crippen molar-refractivity contribution in [3.8, 4) is 11.3 Å². The molecule has 2 rings (SSSR count). The summed E-state index contributed by atoms with van der Waals surface area (Å²) in [5.41, 5.74) is 8.49.